The van der Waals surface area contributed by atoms with Crippen molar-refractivity contribution in [3.8, 4) is 0 Å². The number of rotatable bonds is 7. The molecule has 2 heterocycles. The molecule has 2 rings (SSSR count). The zero-order chi connectivity index (χ0) is 16.1. The molecule has 0 radical (unpaired) electrons. The lowest BCUT2D eigenvalue weighted by atomic mass is 10.4. The van der Waals surface area contributed by atoms with Crippen molar-refractivity contribution in [1.82, 2.24) is 19.5 Å². The van der Waals surface area contributed by atoms with E-state index in [2.05, 4.69) is 27.6 Å². The van der Waals surface area contributed by atoms with E-state index in [9.17, 15) is 9.59 Å². The number of imidazole rings is 1. The molecule has 22 heavy (non-hydrogen) atoms. The van der Waals surface area contributed by atoms with Gasteiger partial charge < -0.3 is 20.9 Å². The van der Waals surface area contributed by atoms with Crippen molar-refractivity contribution in [3.63, 3.8) is 0 Å². The number of fused-ring (bicyclic) bond motifs is 1. The maximum absolute atomic E-state index is 11.6. The van der Waals surface area contributed by atoms with Gasteiger partial charge in [0.1, 0.15) is 19.4 Å². The summed E-state index contributed by atoms with van der Waals surface area (Å²) in [6.45, 7) is 0.301. The molecule has 0 aliphatic carbocycles. The Balaban J connectivity index is 1.86. The van der Waals surface area contributed by atoms with Crippen LogP contribution in [-0.4, -0.2) is 50.5 Å². The monoisotopic (exact) mass is 328 g/mol. The highest BCUT2D eigenvalue weighted by Crippen LogP contribution is 2.06. The summed E-state index contributed by atoms with van der Waals surface area (Å²) < 4.78 is 11.7. The number of nitrogens with one attached hydrogen (secondary N) is 1. The van der Waals surface area contributed by atoms with Gasteiger partial charge in [-0.15, -0.1) is 0 Å². The molecule has 0 spiro atoms. The van der Waals surface area contributed by atoms with Crippen molar-refractivity contribution in [2.45, 2.75) is 12.8 Å². The predicted molar refractivity (Wildman–Crippen MR) is 81.3 cm³/mol. The highest BCUT2D eigenvalue weighted by molar-refractivity contribution is 7.80. The fourth-order valence-electron chi connectivity index (χ4n) is 1.61. The number of esters is 1. The zero-order valence-corrected chi connectivity index (χ0v) is 12.5. The van der Waals surface area contributed by atoms with Gasteiger partial charge in [0, 0.05) is 5.75 Å². The number of nitrogens with zero attached hydrogens (tertiary/aromatic N) is 3. The van der Waals surface area contributed by atoms with E-state index in [1.807, 2.05) is 0 Å². The van der Waals surface area contributed by atoms with Gasteiger partial charge in [-0.1, -0.05) is 0 Å². The first kappa shape index (κ1) is 16.3. The lowest BCUT2D eigenvalue weighted by molar-refractivity contribution is -0.146. The molecule has 0 aliphatic rings. The summed E-state index contributed by atoms with van der Waals surface area (Å²) in [4.78, 5) is 33.1. The molecule has 10 nitrogen and oxygen atoms in total. The predicted octanol–water partition coefficient (Wildman–Crippen LogP) is -1.52. The van der Waals surface area contributed by atoms with Crippen LogP contribution in [0.15, 0.2) is 11.1 Å². The Morgan fingerprint density at radius 3 is 3.00 bits per heavy atom. The quantitative estimate of drug-likeness (QED) is 0.272. The molecule has 2 aromatic heterocycles. The van der Waals surface area contributed by atoms with E-state index >= 15 is 0 Å². The first-order valence-corrected chi connectivity index (χ1v) is 6.97. The van der Waals surface area contributed by atoms with E-state index in [-0.39, 0.29) is 37.2 Å². The fraction of sp³-hybridized carbons (Fsp3) is 0.455. The van der Waals surface area contributed by atoms with Gasteiger partial charge in [-0.3, -0.25) is 19.1 Å². The highest BCUT2D eigenvalue weighted by Gasteiger charge is 2.12. The molecule has 0 saturated carbocycles. The van der Waals surface area contributed by atoms with Crippen molar-refractivity contribution in [2.24, 2.45) is 5.73 Å². The minimum atomic E-state index is -0.750. The highest BCUT2D eigenvalue weighted by atomic mass is 32.1. The third-order valence-electron chi connectivity index (χ3n) is 2.69. The Bertz CT molecular complexity index is 714. The number of aromatic amines is 1. The normalized spacial score (nSPS) is 12.5. The maximum atomic E-state index is 11.6. The second-order valence-corrected chi connectivity index (χ2v) is 4.70. The van der Waals surface area contributed by atoms with Crippen LogP contribution < -0.4 is 17.0 Å². The smallest absolute Gasteiger partial charge is 0.323 e. The summed E-state index contributed by atoms with van der Waals surface area (Å²) in [7, 11) is 0. The standard InChI is InChI=1S/C11H16N6O4S/c12-6(3-22)10(19)21-2-1-20-5-17-4-14-7-8(17)15-11(13)16-9(7)18/h4,6,22H,1-3,5,12H2,(H3,13,15,16,18). The first-order valence-electron chi connectivity index (χ1n) is 6.34. The summed E-state index contributed by atoms with van der Waals surface area (Å²) >= 11 is 3.90. The number of thiol groups is 1. The van der Waals surface area contributed by atoms with Gasteiger partial charge >= 0.3 is 5.97 Å². The molecule has 1 atom stereocenters. The molecule has 0 aromatic carbocycles. The van der Waals surface area contributed by atoms with Crippen LogP contribution in [0.5, 0.6) is 0 Å². The number of anilines is 1. The van der Waals surface area contributed by atoms with E-state index in [1.54, 1.807) is 0 Å². The Hall–Kier alpha value is -2.11. The number of carbonyl (C=O) groups is 1. The van der Waals surface area contributed by atoms with Crippen molar-refractivity contribution in [2.75, 3.05) is 24.7 Å². The van der Waals surface area contributed by atoms with Crippen molar-refractivity contribution in [3.05, 3.63) is 16.7 Å². The molecule has 1 unspecified atom stereocenters. The molecule has 0 bridgehead atoms. The Morgan fingerprint density at radius 2 is 2.27 bits per heavy atom. The number of aromatic nitrogens is 4. The van der Waals surface area contributed by atoms with E-state index in [4.69, 9.17) is 20.9 Å². The molecule has 2 aromatic rings. The topological polar surface area (TPSA) is 151 Å². The molecule has 0 fully saturated rings. The van der Waals surface area contributed by atoms with E-state index in [1.165, 1.54) is 10.9 Å². The van der Waals surface area contributed by atoms with Crippen LogP contribution in [0.4, 0.5) is 5.95 Å². The number of nitrogen functional groups attached to an aromatic ring is 1. The first-order chi connectivity index (χ1) is 10.5. The minimum absolute atomic E-state index is 0.00563. The van der Waals surface area contributed by atoms with E-state index in [0.29, 0.717) is 5.65 Å². The molecular formula is C11H16N6O4S. The van der Waals surface area contributed by atoms with Crippen LogP contribution >= 0.6 is 12.6 Å². The molecule has 0 aliphatic heterocycles. The molecule has 0 amide bonds. The maximum Gasteiger partial charge on any atom is 0.323 e. The zero-order valence-electron chi connectivity index (χ0n) is 11.6. The van der Waals surface area contributed by atoms with Crippen LogP contribution in [0.2, 0.25) is 0 Å². The van der Waals surface area contributed by atoms with Crippen LogP contribution in [0, 0.1) is 0 Å². The largest absolute Gasteiger partial charge is 0.462 e. The second kappa shape index (κ2) is 7.24. The summed E-state index contributed by atoms with van der Waals surface area (Å²) in [6.07, 6.45) is 1.41. The van der Waals surface area contributed by atoms with Crippen LogP contribution in [0.3, 0.4) is 0 Å². The van der Waals surface area contributed by atoms with Gasteiger partial charge in [0.05, 0.1) is 12.9 Å². The molecule has 5 N–H and O–H groups in total. The van der Waals surface area contributed by atoms with E-state index < -0.39 is 17.6 Å². The average Bonchev–Trinajstić information content (AvgIpc) is 2.89. The summed E-state index contributed by atoms with van der Waals surface area (Å²) in [6, 6.07) is -0.750. The van der Waals surface area contributed by atoms with Gasteiger partial charge in [0.15, 0.2) is 11.2 Å². The third-order valence-corrected chi connectivity index (χ3v) is 3.09. The Kier molecular flexibility index (Phi) is 5.35. The lowest BCUT2D eigenvalue weighted by Crippen LogP contribution is -2.34. The summed E-state index contributed by atoms with van der Waals surface area (Å²) in [5, 5.41) is 0. The Morgan fingerprint density at radius 1 is 1.50 bits per heavy atom. The number of H-pyrrole nitrogens is 1. The van der Waals surface area contributed by atoms with Crippen molar-refractivity contribution < 1.29 is 14.3 Å². The van der Waals surface area contributed by atoms with Gasteiger partial charge in [-0.2, -0.15) is 17.6 Å². The third kappa shape index (κ3) is 3.75. The van der Waals surface area contributed by atoms with Crippen LogP contribution in [0.1, 0.15) is 0 Å². The minimum Gasteiger partial charge on any atom is -0.462 e. The van der Waals surface area contributed by atoms with Gasteiger partial charge in [-0.05, 0) is 0 Å². The van der Waals surface area contributed by atoms with Gasteiger partial charge in [0.2, 0.25) is 5.95 Å². The second-order valence-electron chi connectivity index (χ2n) is 4.33. The average molecular weight is 328 g/mol. The SMILES string of the molecule is Nc1nc2c(ncn2COCCOC(=O)C(N)CS)c(=O)[nH]1. The fourth-order valence-corrected chi connectivity index (χ4v) is 1.76. The van der Waals surface area contributed by atoms with Gasteiger partial charge in [-0.25, -0.2) is 4.98 Å². The molecule has 120 valence electrons. The number of hydrogen-bond donors (Lipinski definition) is 4. The van der Waals surface area contributed by atoms with E-state index in [0.717, 1.165) is 0 Å². The summed E-state index contributed by atoms with van der Waals surface area (Å²) in [5.41, 5.74) is 11.0. The lowest BCUT2D eigenvalue weighted by Gasteiger charge is -2.09. The van der Waals surface area contributed by atoms with Gasteiger partial charge in [0.25, 0.3) is 5.56 Å². The number of hydrogen-bond acceptors (Lipinski definition) is 9. The molecule has 11 heteroatoms. The number of ether oxygens (including phenoxy) is 2. The van der Waals surface area contributed by atoms with Crippen molar-refractivity contribution in [1.29, 1.82) is 0 Å². The number of nitrogens with two attached hydrogens (primary N) is 2. The molecular weight excluding hydrogens is 312 g/mol. The van der Waals surface area contributed by atoms with Crippen molar-refractivity contribution >= 4 is 35.7 Å². The summed E-state index contributed by atoms with van der Waals surface area (Å²) in [5.74, 6) is -0.330. The Labute approximate surface area is 130 Å². The number of carbonyl (C=O) groups excluding carboxylic acids is 1. The molecule has 0 saturated heterocycles. The van der Waals surface area contributed by atoms with Crippen LogP contribution in [0.25, 0.3) is 11.2 Å². The van der Waals surface area contributed by atoms with Crippen LogP contribution in [-0.2, 0) is 21.0 Å².